The van der Waals surface area contributed by atoms with Crippen molar-refractivity contribution in [2.45, 2.75) is 32.7 Å². The molecule has 0 saturated carbocycles. The predicted octanol–water partition coefficient (Wildman–Crippen LogP) is 2.51. The van der Waals surface area contributed by atoms with Gasteiger partial charge in [-0.3, -0.25) is 0 Å². The van der Waals surface area contributed by atoms with Crippen molar-refractivity contribution < 1.29 is 0 Å². The number of likely N-dealkylation sites (N-methyl/N-ethyl adjacent to an activating group) is 1. The molecule has 0 amide bonds. The SMILES string of the molecule is C=C(C)C1CCC(C)=CC1NC. The minimum Gasteiger partial charge on any atom is -0.313 e. The largest absolute Gasteiger partial charge is 0.313 e. The summed E-state index contributed by atoms with van der Waals surface area (Å²) in [5.74, 6) is 0.638. The van der Waals surface area contributed by atoms with E-state index < -0.39 is 0 Å². The van der Waals surface area contributed by atoms with E-state index >= 15 is 0 Å². The fourth-order valence-electron chi connectivity index (χ4n) is 1.91. The Morgan fingerprint density at radius 3 is 2.83 bits per heavy atom. The van der Waals surface area contributed by atoms with Crippen LogP contribution in [0.3, 0.4) is 0 Å². The van der Waals surface area contributed by atoms with Crippen LogP contribution in [0.4, 0.5) is 0 Å². The standard InChI is InChI=1S/C11H19N/c1-8(2)10-6-5-9(3)7-11(10)12-4/h7,10-12H,1,5-6H2,2-4H3. The molecule has 0 radical (unpaired) electrons. The summed E-state index contributed by atoms with van der Waals surface area (Å²) < 4.78 is 0. The third-order valence-electron chi connectivity index (χ3n) is 2.71. The van der Waals surface area contributed by atoms with E-state index in [2.05, 4.69) is 31.8 Å². The Hall–Kier alpha value is -0.560. The minimum absolute atomic E-state index is 0.510. The topological polar surface area (TPSA) is 12.0 Å². The Labute approximate surface area is 75.6 Å². The van der Waals surface area contributed by atoms with E-state index in [-0.39, 0.29) is 0 Å². The van der Waals surface area contributed by atoms with Gasteiger partial charge in [0.2, 0.25) is 0 Å². The molecular formula is C11H19N. The molecule has 1 N–H and O–H groups in total. The fraction of sp³-hybridized carbons (Fsp3) is 0.636. The van der Waals surface area contributed by atoms with Crippen LogP contribution in [-0.2, 0) is 0 Å². The molecule has 1 heteroatoms. The molecule has 2 atom stereocenters. The van der Waals surface area contributed by atoms with E-state index in [1.807, 2.05) is 7.05 Å². The first-order chi connectivity index (χ1) is 5.65. The van der Waals surface area contributed by atoms with Crippen molar-refractivity contribution in [3.63, 3.8) is 0 Å². The summed E-state index contributed by atoms with van der Waals surface area (Å²) in [6.07, 6.45) is 4.82. The van der Waals surface area contributed by atoms with Gasteiger partial charge in [-0.15, -0.1) is 0 Å². The molecule has 0 bridgehead atoms. The molecule has 1 aliphatic carbocycles. The highest BCUT2D eigenvalue weighted by molar-refractivity contribution is 5.16. The van der Waals surface area contributed by atoms with Crippen molar-refractivity contribution in [1.82, 2.24) is 5.32 Å². The van der Waals surface area contributed by atoms with Crippen molar-refractivity contribution in [3.05, 3.63) is 23.8 Å². The molecular weight excluding hydrogens is 146 g/mol. The maximum Gasteiger partial charge on any atom is 0.0315 e. The van der Waals surface area contributed by atoms with E-state index in [9.17, 15) is 0 Å². The summed E-state index contributed by atoms with van der Waals surface area (Å²) in [5.41, 5.74) is 2.81. The first kappa shape index (κ1) is 9.53. The van der Waals surface area contributed by atoms with Gasteiger partial charge in [0, 0.05) is 6.04 Å². The van der Waals surface area contributed by atoms with Crippen LogP contribution in [0.1, 0.15) is 26.7 Å². The van der Waals surface area contributed by atoms with E-state index in [0.29, 0.717) is 12.0 Å². The number of hydrogen-bond donors (Lipinski definition) is 1. The van der Waals surface area contributed by atoms with E-state index in [1.54, 1.807) is 0 Å². The van der Waals surface area contributed by atoms with Gasteiger partial charge in [-0.2, -0.15) is 0 Å². The van der Waals surface area contributed by atoms with Crippen LogP contribution >= 0.6 is 0 Å². The van der Waals surface area contributed by atoms with Crippen LogP contribution < -0.4 is 5.32 Å². The monoisotopic (exact) mass is 165 g/mol. The van der Waals surface area contributed by atoms with Crippen molar-refractivity contribution >= 4 is 0 Å². The molecule has 0 aliphatic heterocycles. The molecule has 0 aromatic carbocycles. The highest BCUT2D eigenvalue weighted by Gasteiger charge is 2.22. The van der Waals surface area contributed by atoms with E-state index in [0.717, 1.165) is 0 Å². The molecule has 0 aromatic rings. The first-order valence-corrected chi connectivity index (χ1v) is 4.65. The van der Waals surface area contributed by atoms with E-state index in [1.165, 1.54) is 24.0 Å². The van der Waals surface area contributed by atoms with Gasteiger partial charge in [-0.25, -0.2) is 0 Å². The van der Waals surface area contributed by atoms with Gasteiger partial charge >= 0.3 is 0 Å². The first-order valence-electron chi connectivity index (χ1n) is 4.65. The van der Waals surface area contributed by atoms with Crippen molar-refractivity contribution in [2.24, 2.45) is 5.92 Å². The molecule has 1 nitrogen and oxygen atoms in total. The second kappa shape index (κ2) is 3.90. The van der Waals surface area contributed by atoms with Crippen LogP contribution in [0.2, 0.25) is 0 Å². The number of allylic oxidation sites excluding steroid dienone is 1. The van der Waals surface area contributed by atoms with Gasteiger partial charge in [-0.1, -0.05) is 23.8 Å². The molecule has 68 valence electrons. The predicted molar refractivity (Wildman–Crippen MR) is 54.1 cm³/mol. The maximum atomic E-state index is 4.03. The van der Waals surface area contributed by atoms with Gasteiger partial charge < -0.3 is 5.32 Å². The second-order valence-electron chi connectivity index (χ2n) is 3.82. The third kappa shape index (κ3) is 1.98. The van der Waals surface area contributed by atoms with Crippen LogP contribution in [0.15, 0.2) is 23.8 Å². The normalized spacial score (nSPS) is 29.8. The average molecular weight is 165 g/mol. The van der Waals surface area contributed by atoms with Crippen LogP contribution in [0.25, 0.3) is 0 Å². The molecule has 0 aromatic heterocycles. The Morgan fingerprint density at radius 2 is 2.33 bits per heavy atom. The minimum atomic E-state index is 0.510. The molecule has 1 rings (SSSR count). The van der Waals surface area contributed by atoms with Crippen LogP contribution in [0, 0.1) is 5.92 Å². The maximum absolute atomic E-state index is 4.03. The zero-order valence-corrected chi connectivity index (χ0v) is 8.35. The third-order valence-corrected chi connectivity index (χ3v) is 2.71. The Morgan fingerprint density at radius 1 is 1.67 bits per heavy atom. The van der Waals surface area contributed by atoms with Crippen molar-refractivity contribution in [3.8, 4) is 0 Å². The van der Waals surface area contributed by atoms with Gasteiger partial charge in [-0.05, 0) is 39.7 Å². The number of hydrogen-bond acceptors (Lipinski definition) is 1. The summed E-state index contributed by atoms with van der Waals surface area (Å²) in [6.45, 7) is 8.37. The smallest absolute Gasteiger partial charge is 0.0315 e. The summed E-state index contributed by atoms with van der Waals surface area (Å²) in [6, 6.07) is 0.510. The van der Waals surface area contributed by atoms with Crippen molar-refractivity contribution in [2.75, 3.05) is 7.05 Å². The molecule has 12 heavy (non-hydrogen) atoms. The van der Waals surface area contributed by atoms with Gasteiger partial charge in [0.15, 0.2) is 0 Å². The lowest BCUT2D eigenvalue weighted by Gasteiger charge is -2.29. The average Bonchev–Trinajstić information content (AvgIpc) is 2.03. The lowest BCUT2D eigenvalue weighted by Crippen LogP contribution is -2.34. The van der Waals surface area contributed by atoms with Crippen molar-refractivity contribution in [1.29, 1.82) is 0 Å². The molecule has 0 fully saturated rings. The summed E-state index contributed by atoms with van der Waals surface area (Å²) >= 11 is 0. The Kier molecular flexibility index (Phi) is 3.10. The highest BCUT2D eigenvalue weighted by atomic mass is 14.9. The molecule has 0 heterocycles. The van der Waals surface area contributed by atoms with Crippen LogP contribution in [0.5, 0.6) is 0 Å². The van der Waals surface area contributed by atoms with Gasteiger partial charge in [0.25, 0.3) is 0 Å². The zero-order chi connectivity index (χ0) is 9.14. The second-order valence-corrected chi connectivity index (χ2v) is 3.82. The lowest BCUT2D eigenvalue weighted by atomic mass is 9.82. The quantitative estimate of drug-likeness (QED) is 0.620. The summed E-state index contributed by atoms with van der Waals surface area (Å²) in [4.78, 5) is 0. The number of nitrogens with one attached hydrogen (secondary N) is 1. The molecule has 2 unspecified atom stereocenters. The zero-order valence-electron chi connectivity index (χ0n) is 8.35. The summed E-state index contributed by atoms with van der Waals surface area (Å²) in [5, 5.41) is 3.33. The van der Waals surface area contributed by atoms with Gasteiger partial charge in [0.1, 0.15) is 0 Å². The number of rotatable bonds is 2. The highest BCUT2D eigenvalue weighted by Crippen LogP contribution is 2.27. The van der Waals surface area contributed by atoms with Gasteiger partial charge in [0.05, 0.1) is 0 Å². The lowest BCUT2D eigenvalue weighted by molar-refractivity contribution is 0.432. The van der Waals surface area contributed by atoms with Crippen LogP contribution in [-0.4, -0.2) is 13.1 Å². The molecule has 0 spiro atoms. The molecule has 0 saturated heterocycles. The van der Waals surface area contributed by atoms with E-state index in [4.69, 9.17) is 0 Å². The Balaban J connectivity index is 2.72. The molecule has 1 aliphatic rings. The Bertz CT molecular complexity index is 203. The summed E-state index contributed by atoms with van der Waals surface area (Å²) in [7, 11) is 2.02. The fourth-order valence-corrected chi connectivity index (χ4v) is 1.91.